The largest absolute Gasteiger partial charge is 0.389 e. The SMILES string of the molecule is CCC1CCC(CN)(C(C)(O)CC=O)C1. The Bertz CT molecular complexity index is 228. The van der Waals surface area contributed by atoms with E-state index in [1.165, 1.54) is 0 Å². The van der Waals surface area contributed by atoms with Crippen LogP contribution in [0.1, 0.15) is 46.0 Å². The van der Waals surface area contributed by atoms with Gasteiger partial charge in [-0.25, -0.2) is 0 Å². The van der Waals surface area contributed by atoms with Gasteiger partial charge in [0.05, 0.1) is 5.60 Å². The van der Waals surface area contributed by atoms with Gasteiger partial charge in [-0.15, -0.1) is 0 Å². The number of aldehydes is 1. The minimum atomic E-state index is -0.937. The molecular formula is C12H23NO2. The summed E-state index contributed by atoms with van der Waals surface area (Å²) < 4.78 is 0. The van der Waals surface area contributed by atoms with E-state index in [9.17, 15) is 9.90 Å². The molecule has 0 bridgehead atoms. The van der Waals surface area contributed by atoms with Crippen LogP contribution in [0.25, 0.3) is 0 Å². The van der Waals surface area contributed by atoms with E-state index in [-0.39, 0.29) is 11.8 Å². The van der Waals surface area contributed by atoms with Crippen LogP contribution in [0.15, 0.2) is 0 Å². The van der Waals surface area contributed by atoms with E-state index in [1.807, 2.05) is 0 Å². The molecule has 0 heterocycles. The molecule has 0 saturated heterocycles. The molecule has 3 atom stereocenters. The Morgan fingerprint density at radius 2 is 2.33 bits per heavy atom. The van der Waals surface area contributed by atoms with Crippen molar-refractivity contribution in [1.82, 2.24) is 0 Å². The van der Waals surface area contributed by atoms with E-state index in [2.05, 4.69) is 6.92 Å². The predicted molar refractivity (Wildman–Crippen MR) is 60.4 cm³/mol. The Morgan fingerprint density at radius 3 is 2.73 bits per heavy atom. The smallest absolute Gasteiger partial charge is 0.122 e. The standard InChI is InChI=1S/C12H23NO2/c1-3-10-4-5-12(8-10,9-13)11(2,15)6-7-14/h7,10,15H,3-6,8-9,13H2,1-2H3. The Hall–Kier alpha value is -0.410. The molecule has 3 heteroatoms. The monoisotopic (exact) mass is 213 g/mol. The third kappa shape index (κ3) is 2.23. The molecule has 1 rings (SSSR count). The summed E-state index contributed by atoms with van der Waals surface area (Å²) in [5.41, 5.74) is 4.65. The van der Waals surface area contributed by atoms with Crippen LogP contribution in [0.4, 0.5) is 0 Å². The normalized spacial score (nSPS) is 35.1. The quantitative estimate of drug-likeness (QED) is 0.680. The highest BCUT2D eigenvalue weighted by atomic mass is 16.3. The summed E-state index contributed by atoms with van der Waals surface area (Å²) >= 11 is 0. The van der Waals surface area contributed by atoms with Crippen molar-refractivity contribution in [1.29, 1.82) is 0 Å². The second kappa shape index (κ2) is 4.62. The maximum Gasteiger partial charge on any atom is 0.122 e. The number of carbonyl (C=O) groups is 1. The van der Waals surface area contributed by atoms with Gasteiger partial charge in [0.1, 0.15) is 6.29 Å². The molecule has 3 unspecified atom stereocenters. The van der Waals surface area contributed by atoms with Crippen molar-refractivity contribution in [2.24, 2.45) is 17.1 Å². The van der Waals surface area contributed by atoms with Crippen LogP contribution < -0.4 is 5.73 Å². The van der Waals surface area contributed by atoms with Crippen molar-refractivity contribution in [3.8, 4) is 0 Å². The summed E-state index contributed by atoms with van der Waals surface area (Å²) in [6.45, 7) is 4.41. The fourth-order valence-corrected chi connectivity index (χ4v) is 2.86. The van der Waals surface area contributed by atoms with Crippen LogP contribution in [0, 0.1) is 11.3 Å². The minimum Gasteiger partial charge on any atom is -0.389 e. The van der Waals surface area contributed by atoms with Gasteiger partial charge in [-0.2, -0.15) is 0 Å². The molecule has 0 aromatic heterocycles. The van der Waals surface area contributed by atoms with Crippen LogP contribution in [0.3, 0.4) is 0 Å². The summed E-state index contributed by atoms with van der Waals surface area (Å²) in [6, 6.07) is 0. The average molecular weight is 213 g/mol. The first kappa shape index (κ1) is 12.7. The zero-order valence-electron chi connectivity index (χ0n) is 9.83. The summed E-state index contributed by atoms with van der Waals surface area (Å²) in [5.74, 6) is 0.659. The van der Waals surface area contributed by atoms with E-state index in [1.54, 1.807) is 6.92 Å². The van der Waals surface area contributed by atoms with E-state index in [0.717, 1.165) is 32.0 Å². The van der Waals surface area contributed by atoms with Gasteiger partial charge in [-0.1, -0.05) is 13.3 Å². The average Bonchev–Trinajstić information content (AvgIpc) is 2.62. The molecule has 1 saturated carbocycles. The number of hydrogen-bond acceptors (Lipinski definition) is 3. The zero-order chi connectivity index (χ0) is 11.5. The first-order valence-corrected chi connectivity index (χ1v) is 5.87. The molecule has 1 aliphatic rings. The maximum atomic E-state index is 10.6. The predicted octanol–water partition coefficient (Wildman–Crippen LogP) is 1.48. The summed E-state index contributed by atoms with van der Waals surface area (Å²) in [7, 11) is 0. The van der Waals surface area contributed by atoms with Crippen molar-refractivity contribution in [3.63, 3.8) is 0 Å². The molecule has 0 radical (unpaired) electrons. The molecule has 1 fully saturated rings. The highest BCUT2D eigenvalue weighted by Crippen LogP contribution is 2.50. The number of aliphatic hydroxyl groups is 1. The number of nitrogens with two attached hydrogens (primary N) is 1. The molecule has 0 amide bonds. The highest BCUT2D eigenvalue weighted by molar-refractivity contribution is 5.51. The summed E-state index contributed by atoms with van der Waals surface area (Å²) in [6.07, 6.45) is 5.17. The third-order valence-corrected chi connectivity index (χ3v) is 4.30. The Balaban J connectivity index is 2.81. The van der Waals surface area contributed by atoms with E-state index < -0.39 is 5.60 Å². The van der Waals surface area contributed by atoms with Crippen molar-refractivity contribution >= 4 is 6.29 Å². The van der Waals surface area contributed by atoms with Crippen molar-refractivity contribution in [2.75, 3.05) is 6.54 Å². The van der Waals surface area contributed by atoms with Gasteiger partial charge >= 0.3 is 0 Å². The molecule has 0 aromatic rings. The van der Waals surface area contributed by atoms with Crippen molar-refractivity contribution in [2.45, 2.75) is 51.6 Å². The van der Waals surface area contributed by atoms with Gasteiger partial charge in [-0.05, 0) is 32.1 Å². The molecule has 0 aromatic carbocycles. The molecule has 3 nitrogen and oxygen atoms in total. The summed E-state index contributed by atoms with van der Waals surface area (Å²) in [4.78, 5) is 10.6. The number of carbonyl (C=O) groups excluding carboxylic acids is 1. The van der Waals surface area contributed by atoms with Gasteiger partial charge in [-0.3, -0.25) is 0 Å². The zero-order valence-corrected chi connectivity index (χ0v) is 9.83. The second-order valence-electron chi connectivity index (χ2n) is 5.15. The maximum absolute atomic E-state index is 10.6. The number of hydrogen-bond donors (Lipinski definition) is 2. The molecule has 0 aliphatic heterocycles. The van der Waals surface area contributed by atoms with Gasteiger partial charge in [0.15, 0.2) is 0 Å². The molecular weight excluding hydrogens is 190 g/mol. The topological polar surface area (TPSA) is 63.3 Å². The lowest BCUT2D eigenvalue weighted by atomic mass is 9.69. The van der Waals surface area contributed by atoms with E-state index in [4.69, 9.17) is 5.73 Å². The van der Waals surface area contributed by atoms with Crippen LogP contribution >= 0.6 is 0 Å². The van der Waals surface area contributed by atoms with E-state index >= 15 is 0 Å². The van der Waals surface area contributed by atoms with E-state index in [0.29, 0.717) is 12.5 Å². The Kier molecular flexibility index (Phi) is 3.90. The van der Waals surface area contributed by atoms with Crippen LogP contribution in [-0.2, 0) is 4.79 Å². The second-order valence-corrected chi connectivity index (χ2v) is 5.15. The first-order chi connectivity index (χ1) is 7.01. The lowest BCUT2D eigenvalue weighted by molar-refractivity contribution is -0.119. The molecule has 1 aliphatic carbocycles. The van der Waals surface area contributed by atoms with Crippen LogP contribution in [0.2, 0.25) is 0 Å². The van der Waals surface area contributed by atoms with Gasteiger partial charge in [0.25, 0.3) is 0 Å². The fourth-order valence-electron chi connectivity index (χ4n) is 2.86. The number of rotatable bonds is 5. The van der Waals surface area contributed by atoms with Gasteiger partial charge < -0.3 is 15.6 Å². The highest BCUT2D eigenvalue weighted by Gasteiger charge is 2.49. The Labute approximate surface area is 92.0 Å². The minimum absolute atomic E-state index is 0.195. The molecule has 88 valence electrons. The first-order valence-electron chi connectivity index (χ1n) is 5.87. The van der Waals surface area contributed by atoms with Crippen LogP contribution in [0.5, 0.6) is 0 Å². The lowest BCUT2D eigenvalue weighted by Gasteiger charge is -2.41. The van der Waals surface area contributed by atoms with Gasteiger partial charge in [0.2, 0.25) is 0 Å². The van der Waals surface area contributed by atoms with Crippen molar-refractivity contribution < 1.29 is 9.90 Å². The molecule has 3 N–H and O–H groups in total. The van der Waals surface area contributed by atoms with Gasteiger partial charge in [0, 0.05) is 18.4 Å². The fraction of sp³-hybridized carbons (Fsp3) is 0.917. The third-order valence-electron chi connectivity index (χ3n) is 4.30. The van der Waals surface area contributed by atoms with Crippen LogP contribution in [-0.4, -0.2) is 23.5 Å². The Morgan fingerprint density at radius 1 is 1.67 bits per heavy atom. The molecule has 0 spiro atoms. The lowest BCUT2D eigenvalue weighted by Crippen LogP contribution is -2.49. The van der Waals surface area contributed by atoms with Crippen molar-refractivity contribution in [3.05, 3.63) is 0 Å². The molecule has 15 heavy (non-hydrogen) atoms. The summed E-state index contributed by atoms with van der Waals surface area (Å²) in [5, 5.41) is 10.4.